The van der Waals surface area contributed by atoms with Crippen LogP contribution in [0.5, 0.6) is 0 Å². The predicted octanol–water partition coefficient (Wildman–Crippen LogP) is 0.953. The highest BCUT2D eigenvalue weighted by atomic mass is 32.2. The van der Waals surface area contributed by atoms with Gasteiger partial charge in [0.2, 0.25) is 0 Å². The van der Waals surface area contributed by atoms with Crippen molar-refractivity contribution >= 4 is 11.8 Å². The molecule has 1 unspecified atom stereocenters. The van der Waals surface area contributed by atoms with Crippen LogP contribution in [0.15, 0.2) is 12.2 Å². The van der Waals surface area contributed by atoms with Crippen molar-refractivity contribution in [2.75, 3.05) is 37.7 Å². The first-order valence-electron chi connectivity index (χ1n) is 5.13. The Morgan fingerprint density at radius 2 is 2.23 bits per heavy atom. The highest BCUT2D eigenvalue weighted by molar-refractivity contribution is 7.99. The Morgan fingerprint density at radius 1 is 1.38 bits per heavy atom. The van der Waals surface area contributed by atoms with E-state index in [9.17, 15) is 0 Å². The van der Waals surface area contributed by atoms with E-state index in [1.165, 1.54) is 44.1 Å². The standard InChI is InChI=1S/C10H18N2S/c1-2-6-12(5-1)7-3-10-9-13-8-4-11-10/h1-2,10-11H,3-9H2. The van der Waals surface area contributed by atoms with Crippen LogP contribution in [0, 0.1) is 0 Å². The second kappa shape index (κ2) is 5.03. The maximum atomic E-state index is 3.58. The van der Waals surface area contributed by atoms with Gasteiger partial charge < -0.3 is 5.32 Å². The minimum absolute atomic E-state index is 0.763. The summed E-state index contributed by atoms with van der Waals surface area (Å²) in [6.07, 6.45) is 5.85. The van der Waals surface area contributed by atoms with E-state index in [2.05, 4.69) is 34.1 Å². The van der Waals surface area contributed by atoms with Crippen molar-refractivity contribution in [2.45, 2.75) is 12.5 Å². The Balaban J connectivity index is 1.61. The van der Waals surface area contributed by atoms with Gasteiger partial charge in [-0.05, 0) is 6.42 Å². The van der Waals surface area contributed by atoms with Gasteiger partial charge in [-0.15, -0.1) is 0 Å². The molecule has 0 bridgehead atoms. The Morgan fingerprint density at radius 3 is 2.92 bits per heavy atom. The zero-order valence-electron chi connectivity index (χ0n) is 8.04. The van der Waals surface area contributed by atoms with E-state index in [1.54, 1.807) is 0 Å². The summed E-state index contributed by atoms with van der Waals surface area (Å²) in [5.74, 6) is 2.60. The fourth-order valence-corrected chi connectivity index (χ4v) is 2.85. The van der Waals surface area contributed by atoms with E-state index in [4.69, 9.17) is 0 Å². The number of thioether (sulfide) groups is 1. The third kappa shape index (κ3) is 3.01. The fraction of sp³-hybridized carbons (Fsp3) is 0.800. The first-order valence-corrected chi connectivity index (χ1v) is 6.29. The van der Waals surface area contributed by atoms with Gasteiger partial charge in [-0.25, -0.2) is 0 Å². The van der Waals surface area contributed by atoms with Gasteiger partial charge in [-0.3, -0.25) is 4.90 Å². The lowest BCUT2D eigenvalue weighted by molar-refractivity contribution is 0.326. The summed E-state index contributed by atoms with van der Waals surface area (Å²) >= 11 is 2.09. The second-order valence-electron chi connectivity index (χ2n) is 3.75. The summed E-state index contributed by atoms with van der Waals surface area (Å²) in [6, 6.07) is 0.763. The Labute approximate surface area is 84.8 Å². The Kier molecular flexibility index (Phi) is 3.70. The van der Waals surface area contributed by atoms with E-state index in [1.807, 2.05) is 0 Å². The van der Waals surface area contributed by atoms with Crippen LogP contribution in [-0.2, 0) is 0 Å². The molecule has 74 valence electrons. The summed E-state index contributed by atoms with van der Waals surface area (Å²) in [5, 5.41) is 3.58. The quantitative estimate of drug-likeness (QED) is 0.680. The number of nitrogens with zero attached hydrogens (tertiary/aromatic N) is 1. The Bertz CT molecular complexity index is 168. The molecule has 3 heteroatoms. The summed E-state index contributed by atoms with van der Waals surface area (Å²) in [6.45, 7) is 4.79. The summed E-state index contributed by atoms with van der Waals surface area (Å²) in [4.78, 5) is 2.50. The first kappa shape index (κ1) is 9.56. The van der Waals surface area contributed by atoms with E-state index >= 15 is 0 Å². The van der Waals surface area contributed by atoms with Crippen molar-refractivity contribution in [2.24, 2.45) is 0 Å². The van der Waals surface area contributed by atoms with Crippen LogP contribution in [0.1, 0.15) is 6.42 Å². The summed E-state index contributed by atoms with van der Waals surface area (Å²) < 4.78 is 0. The lowest BCUT2D eigenvalue weighted by atomic mass is 10.2. The monoisotopic (exact) mass is 198 g/mol. The Hall–Kier alpha value is 0.01000. The zero-order valence-corrected chi connectivity index (χ0v) is 8.85. The molecule has 2 heterocycles. The molecule has 2 rings (SSSR count). The average Bonchev–Trinajstić information content (AvgIpc) is 2.69. The third-order valence-electron chi connectivity index (χ3n) is 2.69. The molecule has 2 aliphatic heterocycles. The number of nitrogens with one attached hydrogen (secondary N) is 1. The van der Waals surface area contributed by atoms with E-state index < -0.39 is 0 Å². The van der Waals surface area contributed by atoms with Crippen molar-refractivity contribution in [1.29, 1.82) is 0 Å². The third-order valence-corrected chi connectivity index (χ3v) is 3.82. The van der Waals surface area contributed by atoms with Gasteiger partial charge in [0.1, 0.15) is 0 Å². The van der Waals surface area contributed by atoms with Crippen LogP contribution in [0.3, 0.4) is 0 Å². The summed E-state index contributed by atoms with van der Waals surface area (Å²) in [7, 11) is 0. The molecule has 0 radical (unpaired) electrons. The number of hydrogen-bond donors (Lipinski definition) is 1. The van der Waals surface area contributed by atoms with Crippen LogP contribution in [0.4, 0.5) is 0 Å². The van der Waals surface area contributed by atoms with Crippen molar-refractivity contribution in [3.05, 3.63) is 12.2 Å². The van der Waals surface area contributed by atoms with Gasteiger partial charge in [0.15, 0.2) is 0 Å². The molecule has 1 fully saturated rings. The van der Waals surface area contributed by atoms with Crippen molar-refractivity contribution < 1.29 is 0 Å². The van der Waals surface area contributed by atoms with Gasteiger partial charge in [0.05, 0.1) is 0 Å². The van der Waals surface area contributed by atoms with Crippen LogP contribution in [0.2, 0.25) is 0 Å². The maximum absolute atomic E-state index is 3.58. The van der Waals surface area contributed by atoms with Crippen LogP contribution >= 0.6 is 11.8 Å². The smallest absolute Gasteiger partial charge is 0.0170 e. The summed E-state index contributed by atoms with van der Waals surface area (Å²) in [5.41, 5.74) is 0. The molecule has 13 heavy (non-hydrogen) atoms. The molecule has 2 nitrogen and oxygen atoms in total. The molecular formula is C10H18N2S. The molecule has 0 spiro atoms. The molecule has 0 aromatic heterocycles. The highest BCUT2D eigenvalue weighted by Gasteiger charge is 2.14. The minimum Gasteiger partial charge on any atom is -0.312 e. The lowest BCUT2D eigenvalue weighted by Gasteiger charge is -2.25. The van der Waals surface area contributed by atoms with Crippen molar-refractivity contribution in [3.63, 3.8) is 0 Å². The van der Waals surface area contributed by atoms with Gasteiger partial charge in [-0.1, -0.05) is 12.2 Å². The van der Waals surface area contributed by atoms with E-state index in [-0.39, 0.29) is 0 Å². The number of rotatable bonds is 3. The van der Waals surface area contributed by atoms with Crippen LogP contribution in [-0.4, -0.2) is 48.6 Å². The van der Waals surface area contributed by atoms with E-state index in [0.29, 0.717) is 0 Å². The minimum atomic E-state index is 0.763. The molecule has 1 atom stereocenters. The molecule has 0 saturated carbocycles. The SMILES string of the molecule is C1=CCN(CCC2CSCCN2)C1. The van der Waals surface area contributed by atoms with Crippen LogP contribution < -0.4 is 5.32 Å². The molecule has 0 aromatic rings. The predicted molar refractivity (Wildman–Crippen MR) is 59.3 cm³/mol. The fourth-order valence-electron chi connectivity index (χ4n) is 1.85. The normalized spacial score (nSPS) is 29.7. The van der Waals surface area contributed by atoms with Crippen molar-refractivity contribution in [1.82, 2.24) is 10.2 Å². The number of hydrogen-bond acceptors (Lipinski definition) is 3. The molecule has 2 aliphatic rings. The topological polar surface area (TPSA) is 15.3 Å². The second-order valence-corrected chi connectivity index (χ2v) is 4.90. The highest BCUT2D eigenvalue weighted by Crippen LogP contribution is 2.11. The average molecular weight is 198 g/mol. The first-order chi connectivity index (χ1) is 6.45. The maximum Gasteiger partial charge on any atom is 0.0170 e. The molecule has 0 aliphatic carbocycles. The molecule has 0 aromatic carbocycles. The molecule has 0 amide bonds. The molecule has 1 N–H and O–H groups in total. The molecule has 1 saturated heterocycles. The van der Waals surface area contributed by atoms with Gasteiger partial charge in [-0.2, -0.15) is 11.8 Å². The lowest BCUT2D eigenvalue weighted by Crippen LogP contribution is -2.39. The van der Waals surface area contributed by atoms with Gasteiger partial charge in [0.25, 0.3) is 0 Å². The van der Waals surface area contributed by atoms with Gasteiger partial charge >= 0.3 is 0 Å². The van der Waals surface area contributed by atoms with E-state index in [0.717, 1.165) is 6.04 Å². The largest absolute Gasteiger partial charge is 0.312 e. The van der Waals surface area contributed by atoms with Gasteiger partial charge in [0, 0.05) is 43.7 Å². The van der Waals surface area contributed by atoms with Crippen molar-refractivity contribution in [3.8, 4) is 0 Å². The zero-order chi connectivity index (χ0) is 8.93. The van der Waals surface area contributed by atoms with Crippen LogP contribution in [0.25, 0.3) is 0 Å². The molecular weight excluding hydrogens is 180 g/mol.